The lowest BCUT2D eigenvalue weighted by Gasteiger charge is -2.45. The predicted molar refractivity (Wildman–Crippen MR) is 80.0 cm³/mol. The smallest absolute Gasteiger partial charge is 0.187 e. The molecule has 0 saturated carbocycles. The van der Waals surface area contributed by atoms with E-state index in [9.17, 15) is 35.7 Å². The van der Waals surface area contributed by atoms with Gasteiger partial charge in [0, 0.05) is 0 Å². The van der Waals surface area contributed by atoms with E-state index in [-0.39, 0.29) is 11.0 Å². The largest absolute Gasteiger partial charge is 0.394 e. The predicted octanol–water partition coefficient (Wildman–Crippen LogP) is -6.85. The van der Waals surface area contributed by atoms with Gasteiger partial charge in [-0.2, -0.15) is 0 Å². The Bertz CT molecular complexity index is 384. The van der Waals surface area contributed by atoms with Crippen molar-refractivity contribution in [3.8, 4) is 0 Å². The molecule has 2 fully saturated rings. The van der Waals surface area contributed by atoms with Crippen molar-refractivity contribution in [1.29, 1.82) is 0 Å². The van der Waals surface area contributed by atoms with Crippen LogP contribution in [0.5, 0.6) is 0 Å². The topological polar surface area (TPSA) is 190 Å². The molecule has 144 valence electrons. The fourth-order valence-corrected chi connectivity index (χ4v) is 2.57. The first-order valence-electron chi connectivity index (χ1n) is 7.08. The first-order chi connectivity index (χ1) is 10.8. The molecule has 0 aromatic rings. The van der Waals surface area contributed by atoms with Crippen LogP contribution in [-0.2, 0) is 14.2 Å². The molecule has 1 unspecified atom stereocenters. The molecule has 0 aromatic heterocycles. The van der Waals surface area contributed by atoms with Crippen molar-refractivity contribution in [1.82, 2.24) is 0 Å². The lowest BCUT2D eigenvalue weighted by Crippen LogP contribution is -2.64. The van der Waals surface area contributed by atoms with Crippen LogP contribution in [-0.4, -0.2) is 126 Å². The van der Waals surface area contributed by atoms with Crippen molar-refractivity contribution >= 4 is 11.0 Å². The summed E-state index contributed by atoms with van der Waals surface area (Å²) in [6.07, 6.45) is -15.6. The van der Waals surface area contributed by atoms with Gasteiger partial charge in [-0.1, -0.05) is 0 Å². The maximum atomic E-state index is 9.94. The standard InChI is InChI=1S/C12H22O11.H4Si/c13-1-3-5(15)6(16)9(19)12(22-3)23-10-4(2-14)21-11(20)8(18)7(10)17;/h3-20H,1-2H2;1H4/t3-,4-,5+,6+,7-,8-,9-,10-,11?,12+;/m1./s1. The van der Waals surface area contributed by atoms with Crippen LogP contribution >= 0.6 is 0 Å². The molecule has 2 heterocycles. The van der Waals surface area contributed by atoms with Crippen molar-refractivity contribution in [2.75, 3.05) is 13.2 Å². The molecule has 0 aromatic carbocycles. The Morgan fingerprint density at radius 1 is 0.667 bits per heavy atom. The Hall–Kier alpha value is -0.223. The molecule has 2 aliphatic rings. The molecule has 2 aliphatic heterocycles. The molecular weight excluding hydrogens is 348 g/mol. The highest BCUT2D eigenvalue weighted by atomic mass is 28.1. The number of ether oxygens (including phenoxy) is 3. The maximum absolute atomic E-state index is 9.94. The van der Waals surface area contributed by atoms with E-state index >= 15 is 0 Å². The highest BCUT2D eigenvalue weighted by Gasteiger charge is 2.50. The number of hydrogen-bond donors (Lipinski definition) is 8. The number of aliphatic hydroxyl groups is 8. The summed E-state index contributed by atoms with van der Waals surface area (Å²) < 4.78 is 15.3. The third-order valence-corrected chi connectivity index (χ3v) is 3.98. The van der Waals surface area contributed by atoms with E-state index in [4.69, 9.17) is 19.3 Å². The Morgan fingerprint density at radius 2 is 1.25 bits per heavy atom. The van der Waals surface area contributed by atoms with Gasteiger partial charge in [0.1, 0.15) is 48.8 Å². The zero-order valence-electron chi connectivity index (χ0n) is 12.0. The van der Waals surface area contributed by atoms with Crippen molar-refractivity contribution in [3.05, 3.63) is 0 Å². The van der Waals surface area contributed by atoms with Gasteiger partial charge in [0.05, 0.1) is 13.2 Å². The summed E-state index contributed by atoms with van der Waals surface area (Å²) in [5, 5.41) is 76.5. The van der Waals surface area contributed by atoms with Gasteiger partial charge in [-0.3, -0.25) is 0 Å². The van der Waals surface area contributed by atoms with Crippen LogP contribution in [0.4, 0.5) is 0 Å². The fourth-order valence-electron chi connectivity index (χ4n) is 2.57. The summed E-state index contributed by atoms with van der Waals surface area (Å²) in [6, 6.07) is 0. The van der Waals surface area contributed by atoms with Gasteiger partial charge in [-0.05, 0) is 11.0 Å². The normalized spacial score (nSPS) is 49.5. The summed E-state index contributed by atoms with van der Waals surface area (Å²) in [5.74, 6) is 0. The molecule has 0 amide bonds. The van der Waals surface area contributed by atoms with E-state index in [1.807, 2.05) is 0 Å². The van der Waals surface area contributed by atoms with E-state index in [1.54, 1.807) is 0 Å². The maximum Gasteiger partial charge on any atom is 0.187 e. The average molecular weight is 374 g/mol. The third-order valence-electron chi connectivity index (χ3n) is 3.98. The second-order valence-corrected chi connectivity index (χ2v) is 5.53. The first kappa shape index (κ1) is 21.8. The van der Waals surface area contributed by atoms with Crippen LogP contribution in [0.2, 0.25) is 0 Å². The fraction of sp³-hybridized carbons (Fsp3) is 1.00. The van der Waals surface area contributed by atoms with E-state index in [1.165, 1.54) is 0 Å². The molecule has 8 N–H and O–H groups in total. The number of rotatable bonds is 4. The molecule has 2 saturated heterocycles. The lowest BCUT2D eigenvalue weighted by atomic mass is 9.97. The van der Waals surface area contributed by atoms with Crippen LogP contribution < -0.4 is 0 Å². The van der Waals surface area contributed by atoms with Crippen molar-refractivity contribution in [2.45, 2.75) is 61.4 Å². The minimum atomic E-state index is -1.74. The lowest BCUT2D eigenvalue weighted by molar-refractivity contribution is -0.355. The van der Waals surface area contributed by atoms with Gasteiger partial charge in [-0.25, -0.2) is 0 Å². The second-order valence-electron chi connectivity index (χ2n) is 5.53. The second kappa shape index (κ2) is 8.93. The van der Waals surface area contributed by atoms with Gasteiger partial charge >= 0.3 is 0 Å². The summed E-state index contributed by atoms with van der Waals surface area (Å²) in [6.45, 7) is -1.35. The zero-order valence-corrected chi connectivity index (χ0v) is 12.0. The van der Waals surface area contributed by atoms with E-state index < -0.39 is 74.6 Å². The van der Waals surface area contributed by atoms with Crippen LogP contribution in [0.1, 0.15) is 0 Å². The average Bonchev–Trinajstić information content (AvgIpc) is 2.55. The SMILES string of the molecule is OC[C@H]1O[C@@H](O[C@H]2[C@H](O)[C@@H](O)C(O)O[C@@H]2CO)[C@H](O)[C@@H](O)[C@H]1O.[SiH4]. The first-order valence-corrected chi connectivity index (χ1v) is 7.08. The highest BCUT2D eigenvalue weighted by Crippen LogP contribution is 2.28. The molecule has 2 rings (SSSR count). The summed E-state index contributed by atoms with van der Waals surface area (Å²) in [4.78, 5) is 0. The van der Waals surface area contributed by atoms with E-state index in [0.29, 0.717) is 0 Å². The van der Waals surface area contributed by atoms with E-state index in [0.717, 1.165) is 0 Å². The molecular formula is C12H26O11Si. The highest BCUT2D eigenvalue weighted by molar-refractivity contribution is 5.75. The third kappa shape index (κ3) is 4.12. The summed E-state index contributed by atoms with van der Waals surface area (Å²) >= 11 is 0. The molecule has 0 aliphatic carbocycles. The zero-order chi connectivity index (χ0) is 17.3. The Labute approximate surface area is 141 Å². The molecule has 12 heteroatoms. The van der Waals surface area contributed by atoms with Crippen molar-refractivity contribution in [2.24, 2.45) is 0 Å². The van der Waals surface area contributed by atoms with Crippen molar-refractivity contribution < 1.29 is 55.1 Å². The number of aliphatic hydroxyl groups excluding tert-OH is 8. The van der Waals surface area contributed by atoms with Crippen LogP contribution in [0.3, 0.4) is 0 Å². The molecule has 0 spiro atoms. The summed E-state index contributed by atoms with van der Waals surface area (Å²) in [5.41, 5.74) is 0. The van der Waals surface area contributed by atoms with Crippen LogP contribution in [0, 0.1) is 0 Å². The molecule has 0 bridgehead atoms. The van der Waals surface area contributed by atoms with Gasteiger partial charge < -0.3 is 55.1 Å². The van der Waals surface area contributed by atoms with Crippen LogP contribution in [0.25, 0.3) is 0 Å². The molecule has 10 atom stereocenters. The molecule has 11 nitrogen and oxygen atoms in total. The van der Waals surface area contributed by atoms with Crippen molar-refractivity contribution in [3.63, 3.8) is 0 Å². The molecule has 0 radical (unpaired) electrons. The monoisotopic (exact) mass is 374 g/mol. The Morgan fingerprint density at radius 3 is 1.79 bits per heavy atom. The van der Waals surface area contributed by atoms with Crippen LogP contribution in [0.15, 0.2) is 0 Å². The Kier molecular flexibility index (Phi) is 8.12. The Balaban J connectivity index is 0.00000288. The quantitative estimate of drug-likeness (QED) is 0.218. The number of hydrogen-bond acceptors (Lipinski definition) is 11. The van der Waals surface area contributed by atoms with Gasteiger partial charge in [0.15, 0.2) is 12.6 Å². The van der Waals surface area contributed by atoms with E-state index in [2.05, 4.69) is 0 Å². The van der Waals surface area contributed by atoms with Gasteiger partial charge in [-0.15, -0.1) is 0 Å². The minimum absolute atomic E-state index is 0. The molecule has 24 heavy (non-hydrogen) atoms. The minimum Gasteiger partial charge on any atom is -0.394 e. The summed E-state index contributed by atoms with van der Waals surface area (Å²) in [7, 11) is 0. The van der Waals surface area contributed by atoms with Gasteiger partial charge in [0.25, 0.3) is 0 Å². The van der Waals surface area contributed by atoms with Gasteiger partial charge in [0.2, 0.25) is 0 Å².